The zero-order valence-electron chi connectivity index (χ0n) is 12.8. The molecule has 1 aromatic carbocycles. The summed E-state index contributed by atoms with van der Waals surface area (Å²) in [7, 11) is 0. The van der Waals surface area contributed by atoms with Crippen LogP contribution in [0.2, 0.25) is 0 Å². The molecule has 2 heteroatoms. The van der Waals surface area contributed by atoms with Gasteiger partial charge >= 0.3 is 0 Å². The van der Waals surface area contributed by atoms with Crippen molar-refractivity contribution in [2.75, 3.05) is 0 Å². The molecule has 112 valence electrons. The van der Waals surface area contributed by atoms with E-state index in [4.69, 9.17) is 0 Å². The van der Waals surface area contributed by atoms with Crippen LogP contribution in [0.1, 0.15) is 45.1 Å². The molecule has 21 heavy (non-hydrogen) atoms. The van der Waals surface area contributed by atoms with Crippen molar-refractivity contribution < 1.29 is 5.11 Å². The van der Waals surface area contributed by atoms with E-state index in [1.54, 1.807) is 5.57 Å². The first-order valence-electron chi connectivity index (χ1n) is 8.09. The first-order valence-corrected chi connectivity index (χ1v) is 8.88. The minimum absolute atomic E-state index is 0.152. The van der Waals surface area contributed by atoms with Crippen LogP contribution in [-0.2, 0) is 5.60 Å². The van der Waals surface area contributed by atoms with Gasteiger partial charge in [0.05, 0.1) is 5.60 Å². The molecule has 3 aliphatic carbocycles. The SMILES string of the molecule is CC1(C(C)(O)c2ccc(Br)cc2)C=C2CC3CC(CC23)C1. The maximum Gasteiger partial charge on any atom is 0.0956 e. The average molecular weight is 347 g/mol. The van der Waals surface area contributed by atoms with Crippen LogP contribution >= 0.6 is 15.9 Å². The molecule has 0 amide bonds. The van der Waals surface area contributed by atoms with Gasteiger partial charge in [-0.15, -0.1) is 0 Å². The number of hydrogen-bond donors (Lipinski definition) is 1. The van der Waals surface area contributed by atoms with E-state index in [1.165, 1.54) is 19.3 Å². The highest BCUT2D eigenvalue weighted by Gasteiger charge is 2.53. The Morgan fingerprint density at radius 3 is 2.67 bits per heavy atom. The Labute approximate surface area is 135 Å². The molecule has 0 heterocycles. The van der Waals surface area contributed by atoms with Gasteiger partial charge in [0.15, 0.2) is 0 Å². The third-order valence-corrected chi connectivity index (χ3v) is 7.03. The molecular formula is C19H23BrO. The number of halogens is 1. The summed E-state index contributed by atoms with van der Waals surface area (Å²) in [5.41, 5.74) is 1.69. The van der Waals surface area contributed by atoms with Gasteiger partial charge in [-0.1, -0.05) is 46.6 Å². The zero-order valence-corrected chi connectivity index (χ0v) is 14.4. The number of allylic oxidation sites excluding steroid dienone is 1. The Morgan fingerprint density at radius 2 is 1.95 bits per heavy atom. The summed E-state index contributed by atoms with van der Waals surface area (Å²) in [5.74, 6) is 2.60. The molecular weight excluding hydrogens is 324 g/mol. The number of fused-ring (bicyclic) bond motifs is 1. The van der Waals surface area contributed by atoms with Gasteiger partial charge in [0.2, 0.25) is 0 Å². The summed E-state index contributed by atoms with van der Waals surface area (Å²) in [4.78, 5) is 0. The second-order valence-electron chi connectivity index (χ2n) is 7.83. The standard InChI is InChI=1S/C19H23BrO/c1-18(19(2,21)15-3-5-16(20)6-4-15)10-12-7-13-9-14(11-18)17(13)8-12/h3-6,11-13,17,21H,7-10H2,1-2H3. The smallest absolute Gasteiger partial charge is 0.0956 e. The van der Waals surface area contributed by atoms with Crippen molar-refractivity contribution >= 4 is 15.9 Å². The second-order valence-corrected chi connectivity index (χ2v) is 8.74. The summed E-state index contributed by atoms with van der Waals surface area (Å²) >= 11 is 3.48. The fraction of sp³-hybridized carbons (Fsp3) is 0.579. The average Bonchev–Trinajstić information content (AvgIpc) is 2.65. The Kier molecular flexibility index (Phi) is 2.97. The van der Waals surface area contributed by atoms with Crippen molar-refractivity contribution in [2.45, 2.75) is 45.1 Å². The minimum atomic E-state index is -0.809. The topological polar surface area (TPSA) is 20.2 Å². The van der Waals surface area contributed by atoms with Gasteiger partial charge in [0, 0.05) is 9.89 Å². The normalized spacial score (nSPS) is 40.0. The molecule has 4 rings (SSSR count). The van der Waals surface area contributed by atoms with Gasteiger partial charge in [-0.3, -0.25) is 0 Å². The highest BCUT2D eigenvalue weighted by atomic mass is 79.9. The monoisotopic (exact) mass is 346 g/mol. The molecule has 1 nitrogen and oxygen atoms in total. The number of rotatable bonds is 2. The Balaban J connectivity index is 1.75. The molecule has 0 aliphatic heterocycles. The Morgan fingerprint density at radius 1 is 1.24 bits per heavy atom. The summed E-state index contributed by atoms with van der Waals surface area (Å²) in [6.45, 7) is 4.26. The van der Waals surface area contributed by atoms with Crippen molar-refractivity contribution in [1.82, 2.24) is 0 Å². The van der Waals surface area contributed by atoms with Gasteiger partial charge in [0.25, 0.3) is 0 Å². The van der Waals surface area contributed by atoms with Gasteiger partial charge < -0.3 is 5.11 Å². The van der Waals surface area contributed by atoms with E-state index >= 15 is 0 Å². The van der Waals surface area contributed by atoms with Crippen LogP contribution < -0.4 is 0 Å². The lowest BCUT2D eigenvalue weighted by Gasteiger charge is -2.46. The summed E-state index contributed by atoms with van der Waals surface area (Å²) < 4.78 is 1.06. The maximum atomic E-state index is 11.4. The first kappa shape index (κ1) is 14.0. The predicted molar refractivity (Wildman–Crippen MR) is 88.8 cm³/mol. The van der Waals surface area contributed by atoms with Gasteiger partial charge in [-0.2, -0.15) is 0 Å². The number of aliphatic hydroxyl groups is 1. The van der Waals surface area contributed by atoms with E-state index in [1.807, 2.05) is 19.1 Å². The van der Waals surface area contributed by atoms with Crippen molar-refractivity contribution in [3.8, 4) is 0 Å². The fourth-order valence-electron chi connectivity index (χ4n) is 5.06. The van der Waals surface area contributed by atoms with Crippen molar-refractivity contribution in [2.24, 2.45) is 23.2 Å². The Bertz CT molecular complexity index is 600. The molecule has 0 radical (unpaired) electrons. The van der Waals surface area contributed by atoms with E-state index in [0.717, 1.165) is 34.2 Å². The van der Waals surface area contributed by atoms with E-state index in [2.05, 4.69) is 41.1 Å². The van der Waals surface area contributed by atoms with E-state index in [0.29, 0.717) is 0 Å². The molecule has 0 saturated heterocycles. The van der Waals surface area contributed by atoms with Crippen LogP contribution in [0.5, 0.6) is 0 Å². The molecule has 1 N–H and O–H groups in total. The highest BCUT2D eigenvalue weighted by Crippen LogP contribution is 2.61. The Hall–Kier alpha value is -0.600. The molecule has 0 spiro atoms. The lowest BCUT2D eigenvalue weighted by atomic mass is 9.62. The molecule has 2 fully saturated rings. The third-order valence-electron chi connectivity index (χ3n) is 6.50. The van der Waals surface area contributed by atoms with E-state index < -0.39 is 5.60 Å². The summed E-state index contributed by atoms with van der Waals surface area (Å²) in [6.07, 6.45) is 7.59. The van der Waals surface area contributed by atoms with Crippen LogP contribution in [0, 0.1) is 23.2 Å². The lowest BCUT2D eigenvalue weighted by Crippen LogP contribution is -2.42. The van der Waals surface area contributed by atoms with Crippen LogP contribution in [0.3, 0.4) is 0 Å². The molecule has 5 atom stereocenters. The highest BCUT2D eigenvalue weighted by molar-refractivity contribution is 9.10. The lowest BCUT2D eigenvalue weighted by molar-refractivity contribution is -0.0527. The zero-order chi connectivity index (χ0) is 14.8. The second kappa shape index (κ2) is 4.45. The molecule has 1 aromatic rings. The van der Waals surface area contributed by atoms with Crippen LogP contribution in [0.15, 0.2) is 40.4 Å². The number of hydrogen-bond acceptors (Lipinski definition) is 1. The molecule has 2 saturated carbocycles. The predicted octanol–water partition coefficient (Wildman–Crippen LogP) is 5.04. The summed E-state index contributed by atoms with van der Waals surface area (Å²) in [6, 6.07) is 8.17. The summed E-state index contributed by atoms with van der Waals surface area (Å²) in [5, 5.41) is 11.4. The fourth-order valence-corrected chi connectivity index (χ4v) is 5.32. The van der Waals surface area contributed by atoms with Gasteiger partial charge in [0.1, 0.15) is 0 Å². The number of benzene rings is 1. The quantitative estimate of drug-likeness (QED) is 0.743. The van der Waals surface area contributed by atoms with Crippen LogP contribution in [0.4, 0.5) is 0 Å². The van der Waals surface area contributed by atoms with Gasteiger partial charge in [-0.05, 0) is 68.1 Å². The van der Waals surface area contributed by atoms with Crippen molar-refractivity contribution in [3.63, 3.8) is 0 Å². The first-order chi connectivity index (χ1) is 9.89. The van der Waals surface area contributed by atoms with Crippen molar-refractivity contribution in [1.29, 1.82) is 0 Å². The van der Waals surface area contributed by atoms with E-state index in [9.17, 15) is 5.11 Å². The van der Waals surface area contributed by atoms with Crippen molar-refractivity contribution in [3.05, 3.63) is 46.0 Å². The van der Waals surface area contributed by atoms with E-state index in [-0.39, 0.29) is 5.41 Å². The third kappa shape index (κ3) is 1.98. The minimum Gasteiger partial charge on any atom is -0.385 e. The molecule has 0 aromatic heterocycles. The van der Waals surface area contributed by atoms with Gasteiger partial charge in [-0.25, -0.2) is 0 Å². The molecule has 2 bridgehead atoms. The molecule has 5 unspecified atom stereocenters. The molecule has 3 aliphatic rings. The maximum absolute atomic E-state index is 11.4. The van der Waals surface area contributed by atoms with Crippen LogP contribution in [0.25, 0.3) is 0 Å². The van der Waals surface area contributed by atoms with Crippen LogP contribution in [-0.4, -0.2) is 5.11 Å². The largest absolute Gasteiger partial charge is 0.385 e.